The Morgan fingerprint density at radius 1 is 1.35 bits per heavy atom. The average Bonchev–Trinajstić information content (AvgIpc) is 3.11. The fourth-order valence-electron chi connectivity index (χ4n) is 1.59. The normalized spacial score (nSPS) is 14.9. The fourth-order valence-corrected chi connectivity index (χ4v) is 1.93. The largest absolute Gasteiger partial charge is 0.490 e. The van der Waals surface area contributed by atoms with E-state index in [2.05, 4.69) is 21.2 Å². The van der Waals surface area contributed by atoms with Crippen LogP contribution in [0.25, 0.3) is 0 Å². The van der Waals surface area contributed by atoms with Crippen molar-refractivity contribution in [2.24, 2.45) is 0 Å². The summed E-state index contributed by atoms with van der Waals surface area (Å²) in [6, 6.07) is 5.51. The molecule has 1 fully saturated rings. The highest BCUT2D eigenvalue weighted by molar-refractivity contribution is 9.10. The van der Waals surface area contributed by atoms with Gasteiger partial charge in [0, 0.05) is 10.5 Å². The van der Waals surface area contributed by atoms with Gasteiger partial charge < -0.3 is 10.1 Å². The summed E-state index contributed by atoms with van der Waals surface area (Å²) in [5, 5.41) is 3.44. The van der Waals surface area contributed by atoms with Gasteiger partial charge >= 0.3 is 0 Å². The van der Waals surface area contributed by atoms with Gasteiger partial charge in [-0.05, 0) is 50.4 Å². The van der Waals surface area contributed by atoms with E-state index < -0.39 is 0 Å². The molecule has 1 aliphatic carbocycles. The summed E-state index contributed by atoms with van der Waals surface area (Å²) in [6.45, 7) is 1.61. The van der Waals surface area contributed by atoms with Crippen LogP contribution in [-0.2, 0) is 0 Å². The lowest BCUT2D eigenvalue weighted by Gasteiger charge is -2.07. The third-order valence-corrected chi connectivity index (χ3v) is 3.23. The molecule has 1 saturated carbocycles. The van der Waals surface area contributed by atoms with Crippen LogP contribution in [0.1, 0.15) is 25.7 Å². The molecule has 1 aromatic rings. The highest BCUT2D eigenvalue weighted by Gasteiger charge is 2.19. The SMILES string of the molecule is Fc1ccc(Br)cc1OCCCCNC1CC1. The number of nitrogens with one attached hydrogen (secondary N) is 1. The maximum atomic E-state index is 13.3. The highest BCUT2D eigenvalue weighted by atomic mass is 79.9. The average molecular weight is 302 g/mol. The van der Waals surface area contributed by atoms with Gasteiger partial charge in [-0.2, -0.15) is 0 Å². The summed E-state index contributed by atoms with van der Waals surface area (Å²) in [5.41, 5.74) is 0. The number of hydrogen-bond acceptors (Lipinski definition) is 2. The molecule has 0 heterocycles. The predicted molar refractivity (Wildman–Crippen MR) is 69.9 cm³/mol. The molecule has 17 heavy (non-hydrogen) atoms. The van der Waals surface area contributed by atoms with Crippen molar-refractivity contribution in [1.29, 1.82) is 0 Å². The van der Waals surface area contributed by atoms with Crippen molar-refractivity contribution in [3.05, 3.63) is 28.5 Å². The molecule has 0 radical (unpaired) electrons. The van der Waals surface area contributed by atoms with E-state index in [4.69, 9.17) is 4.74 Å². The molecular weight excluding hydrogens is 285 g/mol. The summed E-state index contributed by atoms with van der Waals surface area (Å²) in [4.78, 5) is 0. The Hall–Kier alpha value is -0.610. The first-order chi connectivity index (χ1) is 8.25. The molecule has 0 saturated heterocycles. The Bertz CT molecular complexity index is 368. The monoisotopic (exact) mass is 301 g/mol. The summed E-state index contributed by atoms with van der Waals surface area (Å²) in [7, 11) is 0. The van der Waals surface area contributed by atoms with Crippen LogP contribution in [0.15, 0.2) is 22.7 Å². The fraction of sp³-hybridized carbons (Fsp3) is 0.538. The predicted octanol–water partition coefficient (Wildman–Crippen LogP) is 3.50. The van der Waals surface area contributed by atoms with Crippen LogP contribution in [0.2, 0.25) is 0 Å². The Morgan fingerprint density at radius 3 is 2.94 bits per heavy atom. The molecule has 2 rings (SSSR count). The number of ether oxygens (including phenoxy) is 1. The van der Waals surface area contributed by atoms with Crippen LogP contribution in [0.5, 0.6) is 5.75 Å². The minimum atomic E-state index is -0.302. The zero-order chi connectivity index (χ0) is 12.1. The van der Waals surface area contributed by atoms with E-state index in [9.17, 15) is 4.39 Å². The molecule has 0 unspecified atom stereocenters. The van der Waals surface area contributed by atoms with Crippen molar-refractivity contribution in [1.82, 2.24) is 5.32 Å². The molecule has 0 aliphatic heterocycles. The van der Waals surface area contributed by atoms with E-state index in [0.29, 0.717) is 12.4 Å². The smallest absolute Gasteiger partial charge is 0.165 e. The molecule has 0 bridgehead atoms. The van der Waals surface area contributed by atoms with Crippen molar-refractivity contribution < 1.29 is 9.13 Å². The van der Waals surface area contributed by atoms with Gasteiger partial charge in [0.25, 0.3) is 0 Å². The van der Waals surface area contributed by atoms with E-state index >= 15 is 0 Å². The lowest BCUT2D eigenvalue weighted by Crippen LogP contribution is -2.17. The molecule has 2 nitrogen and oxygen atoms in total. The van der Waals surface area contributed by atoms with Gasteiger partial charge in [0.15, 0.2) is 11.6 Å². The maximum Gasteiger partial charge on any atom is 0.165 e. The van der Waals surface area contributed by atoms with Gasteiger partial charge in [0.1, 0.15) is 0 Å². The lowest BCUT2D eigenvalue weighted by atomic mass is 10.3. The van der Waals surface area contributed by atoms with Crippen LogP contribution in [0.3, 0.4) is 0 Å². The van der Waals surface area contributed by atoms with Crippen LogP contribution in [0.4, 0.5) is 4.39 Å². The first kappa shape index (κ1) is 12.8. The van der Waals surface area contributed by atoms with E-state index in [1.54, 1.807) is 12.1 Å². The van der Waals surface area contributed by atoms with Crippen molar-refractivity contribution in [3.63, 3.8) is 0 Å². The lowest BCUT2D eigenvalue weighted by molar-refractivity contribution is 0.291. The second-order valence-electron chi connectivity index (χ2n) is 4.36. The summed E-state index contributed by atoms with van der Waals surface area (Å²) < 4.78 is 19.5. The van der Waals surface area contributed by atoms with Crippen LogP contribution >= 0.6 is 15.9 Å². The second-order valence-corrected chi connectivity index (χ2v) is 5.27. The Kier molecular flexibility index (Phi) is 4.80. The molecule has 0 aromatic heterocycles. The number of unbranched alkanes of at least 4 members (excludes halogenated alkanes) is 1. The minimum Gasteiger partial charge on any atom is -0.490 e. The molecule has 0 spiro atoms. The van der Waals surface area contributed by atoms with E-state index in [1.807, 2.05) is 0 Å². The Labute approximate surface area is 110 Å². The van der Waals surface area contributed by atoms with E-state index in [0.717, 1.165) is 29.9 Å². The maximum absolute atomic E-state index is 13.3. The molecule has 1 aliphatic rings. The quantitative estimate of drug-likeness (QED) is 0.778. The zero-order valence-corrected chi connectivity index (χ0v) is 11.3. The molecule has 0 atom stereocenters. The number of benzene rings is 1. The van der Waals surface area contributed by atoms with Crippen molar-refractivity contribution >= 4 is 15.9 Å². The zero-order valence-electron chi connectivity index (χ0n) is 9.72. The standard InChI is InChI=1S/C13H17BrFNO/c14-10-3-6-12(15)13(9-10)17-8-2-1-7-16-11-4-5-11/h3,6,9,11,16H,1-2,4-5,7-8H2. The van der Waals surface area contributed by atoms with Crippen LogP contribution < -0.4 is 10.1 Å². The van der Waals surface area contributed by atoms with Crippen molar-refractivity contribution in [3.8, 4) is 5.75 Å². The number of halogens is 2. The Morgan fingerprint density at radius 2 is 2.18 bits per heavy atom. The second kappa shape index (κ2) is 6.36. The van der Waals surface area contributed by atoms with Gasteiger partial charge in [0.05, 0.1) is 6.61 Å². The number of hydrogen-bond donors (Lipinski definition) is 1. The molecule has 0 amide bonds. The molecular formula is C13H17BrFNO. The topological polar surface area (TPSA) is 21.3 Å². The number of rotatable bonds is 7. The third kappa shape index (κ3) is 4.64. The van der Waals surface area contributed by atoms with Gasteiger partial charge in [-0.1, -0.05) is 15.9 Å². The van der Waals surface area contributed by atoms with Gasteiger partial charge in [-0.15, -0.1) is 0 Å². The third-order valence-electron chi connectivity index (χ3n) is 2.73. The summed E-state index contributed by atoms with van der Waals surface area (Å²) in [6.07, 6.45) is 4.66. The highest BCUT2D eigenvalue weighted by Crippen LogP contribution is 2.22. The molecule has 94 valence electrons. The van der Waals surface area contributed by atoms with Gasteiger partial charge in [-0.3, -0.25) is 0 Å². The minimum absolute atomic E-state index is 0.302. The van der Waals surface area contributed by atoms with E-state index in [1.165, 1.54) is 18.9 Å². The molecule has 4 heteroatoms. The molecule has 1 aromatic carbocycles. The summed E-state index contributed by atoms with van der Waals surface area (Å²) in [5.74, 6) is 0.0267. The van der Waals surface area contributed by atoms with Gasteiger partial charge in [-0.25, -0.2) is 4.39 Å². The van der Waals surface area contributed by atoms with Crippen LogP contribution in [-0.4, -0.2) is 19.2 Å². The van der Waals surface area contributed by atoms with Crippen LogP contribution in [0, 0.1) is 5.82 Å². The van der Waals surface area contributed by atoms with E-state index in [-0.39, 0.29) is 5.82 Å². The van der Waals surface area contributed by atoms with Crippen molar-refractivity contribution in [2.45, 2.75) is 31.7 Å². The first-order valence-corrected chi connectivity index (χ1v) is 6.86. The first-order valence-electron chi connectivity index (χ1n) is 6.07. The summed E-state index contributed by atoms with van der Waals surface area (Å²) >= 11 is 3.30. The molecule has 1 N–H and O–H groups in total. The van der Waals surface area contributed by atoms with Gasteiger partial charge in [0.2, 0.25) is 0 Å². The Balaban J connectivity index is 1.61. The van der Waals surface area contributed by atoms with Crippen molar-refractivity contribution in [2.75, 3.05) is 13.2 Å².